The molecule has 0 unspecified atom stereocenters. The van der Waals surface area contributed by atoms with Crippen molar-refractivity contribution in [3.8, 4) is 0 Å². The molecule has 0 spiro atoms. The molecule has 28 heavy (non-hydrogen) atoms. The zero-order chi connectivity index (χ0) is 20.9. The monoisotopic (exact) mass is 393 g/mol. The van der Waals surface area contributed by atoms with E-state index in [9.17, 15) is 13.6 Å². The second-order valence-electron chi connectivity index (χ2n) is 6.86. The molecule has 1 fully saturated rings. The largest absolute Gasteiger partial charge is 0.372 e. The molecule has 2 heterocycles. The number of pyridine rings is 1. The minimum Gasteiger partial charge on any atom is -0.372 e. The van der Waals surface area contributed by atoms with Gasteiger partial charge in [-0.05, 0) is 38.3 Å². The van der Waals surface area contributed by atoms with E-state index in [4.69, 9.17) is 4.79 Å². The summed E-state index contributed by atoms with van der Waals surface area (Å²) in [6, 6.07) is 3.50. The number of nitrogens with one attached hydrogen (secondary N) is 1. The summed E-state index contributed by atoms with van der Waals surface area (Å²) >= 11 is 0. The van der Waals surface area contributed by atoms with Gasteiger partial charge in [0.2, 0.25) is 12.3 Å². The van der Waals surface area contributed by atoms with E-state index >= 15 is 0 Å². The maximum atomic E-state index is 13.1. The number of amides is 2. The Kier molecular flexibility index (Phi) is 6.82. The van der Waals surface area contributed by atoms with Crippen LogP contribution in [0.2, 0.25) is 0 Å². The fraction of sp³-hybridized carbons (Fsp3) is 0.474. The van der Waals surface area contributed by atoms with Crippen molar-refractivity contribution in [3.63, 3.8) is 0 Å². The first-order chi connectivity index (χ1) is 13.2. The van der Waals surface area contributed by atoms with Crippen LogP contribution >= 0.6 is 0 Å². The number of hydrogen-bond acceptors (Lipinski definition) is 4. The Morgan fingerprint density at radius 1 is 1.43 bits per heavy atom. The molecule has 2 amide bonds. The zero-order valence-electron chi connectivity index (χ0n) is 16.2. The molecule has 0 saturated heterocycles. The molecule has 1 aliphatic rings. The van der Waals surface area contributed by atoms with E-state index in [0.717, 1.165) is 17.0 Å². The summed E-state index contributed by atoms with van der Waals surface area (Å²) in [5.74, 6) is -2.99. The van der Waals surface area contributed by atoms with Crippen LogP contribution in [-0.4, -0.2) is 33.0 Å². The van der Waals surface area contributed by atoms with Gasteiger partial charge in [0.25, 0.3) is 5.91 Å². The number of aryl methyl sites for hydroxylation is 2. The lowest BCUT2D eigenvalue weighted by Gasteiger charge is -2.34. The molecule has 3 rings (SSSR count). The van der Waals surface area contributed by atoms with Crippen LogP contribution in [0.1, 0.15) is 47.2 Å². The van der Waals surface area contributed by atoms with Gasteiger partial charge in [0.15, 0.2) is 0 Å². The summed E-state index contributed by atoms with van der Waals surface area (Å²) in [6.07, 6.45) is 2.28. The van der Waals surface area contributed by atoms with Crippen LogP contribution in [0.25, 0.3) is 0 Å². The van der Waals surface area contributed by atoms with Gasteiger partial charge in [-0.3, -0.25) is 19.3 Å². The lowest BCUT2D eigenvalue weighted by Crippen LogP contribution is -2.38. The minimum absolute atomic E-state index is 0.141. The molecule has 0 aromatic carbocycles. The SMILES string of the molecule is CCc1nn(CC2CC(F)(F)C2)c(C(=O)Nc2ccnc(C)c2)c1C.NC=O. The number of nitrogens with two attached hydrogens (primary N) is 1. The molecular weight excluding hydrogens is 368 g/mol. The minimum atomic E-state index is -2.57. The number of nitrogens with zero attached hydrogens (tertiary/aromatic N) is 3. The fourth-order valence-corrected chi connectivity index (χ4v) is 3.33. The second kappa shape index (κ2) is 8.90. The van der Waals surface area contributed by atoms with Crippen LogP contribution < -0.4 is 11.1 Å². The summed E-state index contributed by atoms with van der Waals surface area (Å²) < 4.78 is 27.8. The highest BCUT2D eigenvalue weighted by molar-refractivity contribution is 6.04. The third-order valence-electron chi connectivity index (χ3n) is 4.60. The number of rotatable bonds is 5. The van der Waals surface area contributed by atoms with E-state index in [1.807, 2.05) is 20.8 Å². The molecule has 7 nitrogen and oxygen atoms in total. The van der Waals surface area contributed by atoms with Gasteiger partial charge in [0.05, 0.1) is 5.69 Å². The van der Waals surface area contributed by atoms with Gasteiger partial charge in [-0.15, -0.1) is 0 Å². The van der Waals surface area contributed by atoms with E-state index in [1.165, 1.54) is 0 Å². The molecular formula is C19H25F2N5O2. The first-order valence-electron chi connectivity index (χ1n) is 9.04. The molecule has 0 radical (unpaired) electrons. The van der Waals surface area contributed by atoms with E-state index in [-0.39, 0.29) is 31.1 Å². The molecule has 1 aliphatic carbocycles. The summed E-state index contributed by atoms with van der Waals surface area (Å²) in [4.78, 5) is 25.5. The fourth-order valence-electron chi connectivity index (χ4n) is 3.33. The second-order valence-corrected chi connectivity index (χ2v) is 6.86. The average Bonchev–Trinajstić information content (AvgIpc) is 2.89. The summed E-state index contributed by atoms with van der Waals surface area (Å²) in [7, 11) is 0. The highest BCUT2D eigenvalue weighted by atomic mass is 19.3. The van der Waals surface area contributed by atoms with Gasteiger partial charge in [-0.2, -0.15) is 5.10 Å². The maximum Gasteiger partial charge on any atom is 0.274 e. The number of carbonyl (C=O) groups excluding carboxylic acids is 2. The van der Waals surface area contributed by atoms with Crippen LogP contribution in [-0.2, 0) is 17.8 Å². The summed E-state index contributed by atoms with van der Waals surface area (Å²) in [5, 5.41) is 7.33. The number of anilines is 1. The topological polar surface area (TPSA) is 103 Å². The number of aromatic nitrogens is 3. The first-order valence-corrected chi connectivity index (χ1v) is 9.04. The molecule has 0 atom stereocenters. The number of alkyl halides is 2. The Hall–Kier alpha value is -2.84. The van der Waals surface area contributed by atoms with Crippen molar-refractivity contribution in [2.75, 3.05) is 5.32 Å². The van der Waals surface area contributed by atoms with Gasteiger partial charge >= 0.3 is 0 Å². The van der Waals surface area contributed by atoms with E-state index in [0.29, 0.717) is 24.3 Å². The predicted octanol–water partition coefficient (Wildman–Crippen LogP) is 2.86. The molecule has 152 valence electrons. The summed E-state index contributed by atoms with van der Waals surface area (Å²) in [5.41, 5.74) is 7.69. The zero-order valence-corrected chi connectivity index (χ0v) is 16.2. The molecule has 2 aromatic heterocycles. The van der Waals surface area contributed by atoms with Crippen molar-refractivity contribution < 1.29 is 18.4 Å². The van der Waals surface area contributed by atoms with E-state index in [2.05, 4.69) is 21.1 Å². The van der Waals surface area contributed by atoms with Gasteiger partial charge in [0.1, 0.15) is 5.69 Å². The van der Waals surface area contributed by atoms with Crippen LogP contribution in [0.4, 0.5) is 14.5 Å². The number of hydrogen-bond donors (Lipinski definition) is 2. The highest BCUT2D eigenvalue weighted by Crippen LogP contribution is 2.43. The Morgan fingerprint density at radius 2 is 2.07 bits per heavy atom. The molecule has 0 bridgehead atoms. The first kappa shape index (κ1) is 21.5. The third-order valence-corrected chi connectivity index (χ3v) is 4.60. The Morgan fingerprint density at radius 3 is 2.61 bits per heavy atom. The molecule has 0 aliphatic heterocycles. The summed E-state index contributed by atoms with van der Waals surface area (Å²) in [6.45, 7) is 6.00. The van der Waals surface area contributed by atoms with Crippen molar-refractivity contribution in [3.05, 3.63) is 41.0 Å². The standard InChI is InChI=1S/C18H22F2N4O.CH3NO/c1-4-15-12(3)16(17(25)22-14-5-6-21-11(2)7-14)24(23-15)10-13-8-18(19,20)9-13;2-1-3/h5-7,13H,4,8-10H2,1-3H3,(H,21,22,25);1H,(H2,2,3). The molecule has 3 N–H and O–H groups in total. The van der Waals surface area contributed by atoms with Gasteiger partial charge in [0, 0.05) is 42.5 Å². The van der Waals surface area contributed by atoms with E-state index < -0.39 is 5.92 Å². The normalized spacial score (nSPS) is 15.2. The molecule has 9 heteroatoms. The Balaban J connectivity index is 0.000000878. The lowest BCUT2D eigenvalue weighted by atomic mass is 9.81. The number of halogens is 2. The maximum absolute atomic E-state index is 13.1. The smallest absolute Gasteiger partial charge is 0.274 e. The van der Waals surface area contributed by atoms with E-state index in [1.54, 1.807) is 23.0 Å². The van der Waals surface area contributed by atoms with Crippen LogP contribution in [0.5, 0.6) is 0 Å². The van der Waals surface area contributed by atoms with Crippen molar-refractivity contribution in [1.29, 1.82) is 0 Å². The average molecular weight is 393 g/mol. The van der Waals surface area contributed by atoms with Crippen LogP contribution in [0.3, 0.4) is 0 Å². The number of carbonyl (C=O) groups is 2. The van der Waals surface area contributed by atoms with Crippen molar-refractivity contribution in [2.45, 2.75) is 52.5 Å². The third kappa shape index (κ3) is 5.11. The molecule has 2 aromatic rings. The van der Waals surface area contributed by atoms with Gasteiger partial charge in [-0.25, -0.2) is 8.78 Å². The van der Waals surface area contributed by atoms with Crippen molar-refractivity contribution in [2.24, 2.45) is 11.7 Å². The Bertz CT molecular complexity index is 843. The predicted molar refractivity (Wildman–Crippen MR) is 101 cm³/mol. The highest BCUT2D eigenvalue weighted by Gasteiger charge is 2.45. The van der Waals surface area contributed by atoms with Crippen molar-refractivity contribution in [1.82, 2.24) is 14.8 Å². The number of primary amides is 1. The van der Waals surface area contributed by atoms with Crippen LogP contribution in [0, 0.1) is 19.8 Å². The van der Waals surface area contributed by atoms with Crippen molar-refractivity contribution >= 4 is 18.0 Å². The lowest BCUT2D eigenvalue weighted by molar-refractivity contribution is -0.114. The van der Waals surface area contributed by atoms with Crippen LogP contribution in [0.15, 0.2) is 18.3 Å². The quantitative estimate of drug-likeness (QED) is 0.763. The van der Waals surface area contributed by atoms with Gasteiger partial charge < -0.3 is 11.1 Å². The Labute approximate surface area is 162 Å². The molecule has 1 saturated carbocycles. The van der Waals surface area contributed by atoms with Gasteiger partial charge in [-0.1, -0.05) is 6.92 Å².